The average molecular weight is 285 g/mol. The molecule has 0 unspecified atom stereocenters. The lowest BCUT2D eigenvalue weighted by molar-refractivity contribution is 0.0745. The minimum Gasteiger partial charge on any atom is -0.308 e. The molecule has 1 amide bonds. The molecule has 2 aromatic rings. The molecule has 0 radical (unpaired) electrons. The van der Waals surface area contributed by atoms with E-state index in [1.807, 2.05) is 29.3 Å². The summed E-state index contributed by atoms with van der Waals surface area (Å²) in [5.74, 6) is 5.83. The van der Waals surface area contributed by atoms with Gasteiger partial charge in [0.25, 0.3) is 5.91 Å². The second kappa shape index (κ2) is 6.07. The SMILES string of the molecule is NNc1nc(C(=O)NN2CCCCC2)cc2ccccc12. The third kappa shape index (κ3) is 2.96. The van der Waals surface area contributed by atoms with Crippen molar-refractivity contribution in [1.29, 1.82) is 0 Å². The summed E-state index contributed by atoms with van der Waals surface area (Å²) in [6.45, 7) is 1.78. The lowest BCUT2D eigenvalue weighted by atomic mass is 10.1. The molecule has 1 aromatic heterocycles. The molecule has 1 aliphatic heterocycles. The molecule has 0 bridgehead atoms. The van der Waals surface area contributed by atoms with Crippen molar-refractivity contribution in [2.24, 2.45) is 5.84 Å². The van der Waals surface area contributed by atoms with E-state index in [0.717, 1.165) is 36.7 Å². The maximum atomic E-state index is 12.3. The summed E-state index contributed by atoms with van der Waals surface area (Å²) in [5, 5.41) is 3.79. The fourth-order valence-corrected chi connectivity index (χ4v) is 2.63. The Bertz CT molecular complexity index is 652. The van der Waals surface area contributed by atoms with Crippen molar-refractivity contribution in [3.63, 3.8) is 0 Å². The Morgan fingerprint density at radius 1 is 1.19 bits per heavy atom. The molecule has 1 fully saturated rings. The first-order valence-corrected chi connectivity index (χ1v) is 7.20. The number of anilines is 1. The van der Waals surface area contributed by atoms with Crippen LogP contribution in [0.5, 0.6) is 0 Å². The van der Waals surface area contributed by atoms with Crippen LogP contribution in [-0.2, 0) is 0 Å². The highest BCUT2D eigenvalue weighted by molar-refractivity contribution is 6.00. The van der Waals surface area contributed by atoms with Gasteiger partial charge in [0.1, 0.15) is 11.5 Å². The van der Waals surface area contributed by atoms with Crippen LogP contribution in [0.2, 0.25) is 0 Å². The van der Waals surface area contributed by atoms with Crippen molar-refractivity contribution in [2.45, 2.75) is 19.3 Å². The van der Waals surface area contributed by atoms with Gasteiger partial charge in [-0.25, -0.2) is 15.8 Å². The van der Waals surface area contributed by atoms with E-state index in [1.54, 1.807) is 6.07 Å². The van der Waals surface area contributed by atoms with Crippen LogP contribution in [0.1, 0.15) is 29.8 Å². The second-order valence-corrected chi connectivity index (χ2v) is 5.21. The summed E-state index contributed by atoms with van der Waals surface area (Å²) in [5.41, 5.74) is 5.85. The number of carbonyl (C=O) groups excluding carboxylic acids is 1. The van der Waals surface area contributed by atoms with E-state index < -0.39 is 0 Å². The van der Waals surface area contributed by atoms with Crippen LogP contribution < -0.4 is 16.7 Å². The van der Waals surface area contributed by atoms with Crippen molar-refractivity contribution in [3.8, 4) is 0 Å². The van der Waals surface area contributed by atoms with Gasteiger partial charge < -0.3 is 5.43 Å². The van der Waals surface area contributed by atoms with Gasteiger partial charge in [0.15, 0.2) is 0 Å². The van der Waals surface area contributed by atoms with Gasteiger partial charge in [-0.2, -0.15) is 0 Å². The maximum Gasteiger partial charge on any atom is 0.284 e. The third-order valence-electron chi connectivity index (χ3n) is 3.73. The van der Waals surface area contributed by atoms with E-state index in [9.17, 15) is 4.79 Å². The lowest BCUT2D eigenvalue weighted by Crippen LogP contribution is -2.45. The Balaban J connectivity index is 1.87. The van der Waals surface area contributed by atoms with Gasteiger partial charge in [0, 0.05) is 18.5 Å². The molecule has 0 spiro atoms. The normalized spacial score (nSPS) is 15.9. The summed E-state index contributed by atoms with van der Waals surface area (Å²) >= 11 is 0. The Hall–Kier alpha value is -2.18. The van der Waals surface area contributed by atoms with E-state index in [1.165, 1.54) is 6.42 Å². The number of piperidine rings is 1. The van der Waals surface area contributed by atoms with Crippen LogP contribution in [-0.4, -0.2) is 29.0 Å². The predicted octanol–water partition coefficient (Wildman–Crippen LogP) is 1.65. The molecule has 21 heavy (non-hydrogen) atoms. The number of nitrogens with one attached hydrogen (secondary N) is 2. The van der Waals surface area contributed by atoms with Gasteiger partial charge in [-0.3, -0.25) is 10.2 Å². The molecule has 0 saturated carbocycles. The van der Waals surface area contributed by atoms with Gasteiger partial charge >= 0.3 is 0 Å². The Morgan fingerprint density at radius 2 is 1.95 bits per heavy atom. The zero-order valence-corrected chi connectivity index (χ0v) is 11.8. The van der Waals surface area contributed by atoms with Crippen molar-refractivity contribution in [1.82, 2.24) is 15.4 Å². The number of pyridine rings is 1. The predicted molar refractivity (Wildman–Crippen MR) is 82.4 cm³/mol. The highest BCUT2D eigenvalue weighted by Gasteiger charge is 2.16. The van der Waals surface area contributed by atoms with E-state index in [0.29, 0.717) is 11.5 Å². The van der Waals surface area contributed by atoms with Crippen LogP contribution in [0.15, 0.2) is 30.3 Å². The molecule has 4 N–H and O–H groups in total. The number of benzene rings is 1. The summed E-state index contributed by atoms with van der Waals surface area (Å²) in [4.78, 5) is 16.7. The molecule has 1 aromatic carbocycles. The summed E-state index contributed by atoms with van der Waals surface area (Å²) in [7, 11) is 0. The molecule has 1 saturated heterocycles. The number of amides is 1. The van der Waals surface area contributed by atoms with Crippen molar-refractivity contribution in [3.05, 3.63) is 36.0 Å². The van der Waals surface area contributed by atoms with E-state index in [4.69, 9.17) is 5.84 Å². The Labute approximate surface area is 123 Å². The van der Waals surface area contributed by atoms with Crippen LogP contribution in [0.3, 0.4) is 0 Å². The molecular formula is C15H19N5O. The molecule has 3 rings (SSSR count). The number of nitrogens with two attached hydrogens (primary N) is 1. The summed E-state index contributed by atoms with van der Waals surface area (Å²) in [6, 6.07) is 9.49. The van der Waals surface area contributed by atoms with Crippen molar-refractivity contribution >= 4 is 22.5 Å². The molecule has 6 nitrogen and oxygen atoms in total. The lowest BCUT2D eigenvalue weighted by Gasteiger charge is -2.26. The van der Waals surface area contributed by atoms with Gasteiger partial charge in [-0.15, -0.1) is 0 Å². The summed E-state index contributed by atoms with van der Waals surface area (Å²) < 4.78 is 0. The molecule has 6 heteroatoms. The van der Waals surface area contributed by atoms with Crippen LogP contribution in [0.4, 0.5) is 5.82 Å². The topological polar surface area (TPSA) is 83.3 Å². The quantitative estimate of drug-likeness (QED) is 0.590. The van der Waals surface area contributed by atoms with Crippen molar-refractivity contribution < 1.29 is 4.79 Å². The first-order valence-electron chi connectivity index (χ1n) is 7.20. The number of aromatic nitrogens is 1. The summed E-state index contributed by atoms with van der Waals surface area (Å²) in [6.07, 6.45) is 3.45. The zero-order chi connectivity index (χ0) is 14.7. The van der Waals surface area contributed by atoms with E-state index in [2.05, 4.69) is 15.8 Å². The molecular weight excluding hydrogens is 266 g/mol. The number of carbonyl (C=O) groups is 1. The smallest absolute Gasteiger partial charge is 0.284 e. The molecule has 2 heterocycles. The molecule has 110 valence electrons. The van der Waals surface area contributed by atoms with Gasteiger partial charge in [0.2, 0.25) is 0 Å². The van der Waals surface area contributed by atoms with Gasteiger partial charge in [0.05, 0.1) is 0 Å². The highest BCUT2D eigenvalue weighted by Crippen LogP contribution is 2.21. The van der Waals surface area contributed by atoms with Gasteiger partial charge in [-0.05, 0) is 24.3 Å². The molecule has 0 atom stereocenters. The second-order valence-electron chi connectivity index (χ2n) is 5.21. The number of hydrogen-bond donors (Lipinski definition) is 3. The number of nitrogen functional groups attached to an aromatic ring is 1. The number of nitrogens with zero attached hydrogens (tertiary/aromatic N) is 2. The molecule has 1 aliphatic rings. The fraction of sp³-hybridized carbons (Fsp3) is 0.333. The van der Waals surface area contributed by atoms with Gasteiger partial charge in [-0.1, -0.05) is 30.7 Å². The van der Waals surface area contributed by atoms with E-state index in [-0.39, 0.29) is 5.91 Å². The molecule has 0 aliphatic carbocycles. The fourth-order valence-electron chi connectivity index (χ4n) is 2.63. The number of rotatable bonds is 3. The zero-order valence-electron chi connectivity index (χ0n) is 11.8. The standard InChI is InChI=1S/C15H19N5O/c16-18-14-12-7-3-2-6-11(12)10-13(17-14)15(21)19-20-8-4-1-5-9-20/h2-3,6-7,10H,1,4-5,8-9,16H2,(H,17,18)(H,19,21). The van der Waals surface area contributed by atoms with Crippen molar-refractivity contribution in [2.75, 3.05) is 18.5 Å². The first kappa shape index (κ1) is 13.8. The first-order chi connectivity index (χ1) is 10.3. The van der Waals surface area contributed by atoms with Crippen LogP contribution in [0, 0.1) is 0 Å². The Morgan fingerprint density at radius 3 is 2.71 bits per heavy atom. The average Bonchev–Trinajstić information content (AvgIpc) is 2.54. The minimum atomic E-state index is -0.195. The number of hydrazine groups is 2. The van der Waals surface area contributed by atoms with Crippen LogP contribution in [0.25, 0.3) is 10.8 Å². The number of fused-ring (bicyclic) bond motifs is 1. The largest absolute Gasteiger partial charge is 0.308 e. The van der Waals surface area contributed by atoms with E-state index >= 15 is 0 Å². The monoisotopic (exact) mass is 285 g/mol. The number of hydrogen-bond acceptors (Lipinski definition) is 5. The third-order valence-corrected chi connectivity index (χ3v) is 3.73. The maximum absolute atomic E-state index is 12.3. The van der Waals surface area contributed by atoms with Crippen LogP contribution >= 0.6 is 0 Å². The minimum absolute atomic E-state index is 0.195. The Kier molecular flexibility index (Phi) is 3.98. The highest BCUT2D eigenvalue weighted by atomic mass is 16.2.